The quantitative estimate of drug-likeness (QED) is 0.525. The standard InChI is InChI=1S/C22H24F3N3O3/c1-15(16-5-3-2-4-6-16)14-26-21(29)17-9-11-27(12-10-17)19-8-7-18(22(23,24)25)13-20(19)28(30)31/h2-8,13,15,17H,9-12,14H2,1H3,(H,26,29). The molecule has 1 aliphatic heterocycles. The lowest BCUT2D eigenvalue weighted by atomic mass is 9.94. The van der Waals surface area contributed by atoms with Crippen LogP contribution in [0.4, 0.5) is 24.5 Å². The topological polar surface area (TPSA) is 75.5 Å². The maximum absolute atomic E-state index is 12.9. The average molecular weight is 435 g/mol. The molecule has 3 rings (SSSR count). The molecule has 2 aromatic rings. The number of piperidine rings is 1. The van der Waals surface area contributed by atoms with E-state index >= 15 is 0 Å². The maximum Gasteiger partial charge on any atom is 0.416 e. The largest absolute Gasteiger partial charge is 0.416 e. The Hall–Kier alpha value is -3.10. The van der Waals surface area contributed by atoms with E-state index in [1.807, 2.05) is 37.3 Å². The van der Waals surface area contributed by atoms with Gasteiger partial charge in [0.05, 0.1) is 10.5 Å². The molecule has 1 unspecified atom stereocenters. The van der Waals surface area contributed by atoms with E-state index in [-0.39, 0.29) is 23.4 Å². The van der Waals surface area contributed by atoms with Gasteiger partial charge in [0.2, 0.25) is 5.91 Å². The Labute approximate surface area is 178 Å². The van der Waals surface area contributed by atoms with Gasteiger partial charge in [0.1, 0.15) is 5.69 Å². The van der Waals surface area contributed by atoms with Crippen LogP contribution in [0.2, 0.25) is 0 Å². The number of hydrogen-bond acceptors (Lipinski definition) is 4. The average Bonchev–Trinajstić information content (AvgIpc) is 2.77. The monoisotopic (exact) mass is 435 g/mol. The summed E-state index contributed by atoms with van der Waals surface area (Å²) in [5.41, 5.74) is -0.346. The van der Waals surface area contributed by atoms with Crippen LogP contribution in [-0.2, 0) is 11.0 Å². The van der Waals surface area contributed by atoms with Gasteiger partial charge in [0.15, 0.2) is 0 Å². The van der Waals surface area contributed by atoms with Crippen molar-refractivity contribution >= 4 is 17.3 Å². The summed E-state index contributed by atoms with van der Waals surface area (Å²) in [4.78, 5) is 24.8. The summed E-state index contributed by atoms with van der Waals surface area (Å²) >= 11 is 0. The Morgan fingerprint density at radius 1 is 1.19 bits per heavy atom. The SMILES string of the molecule is CC(CNC(=O)C1CCN(c2ccc(C(F)(F)F)cc2[N+](=O)[O-])CC1)c1ccccc1. The molecule has 0 aliphatic carbocycles. The third-order valence-corrected chi connectivity index (χ3v) is 5.66. The number of nitro groups is 1. The highest BCUT2D eigenvalue weighted by Crippen LogP contribution is 2.37. The normalized spacial score (nSPS) is 16.1. The zero-order chi connectivity index (χ0) is 22.6. The third kappa shape index (κ3) is 5.53. The number of benzene rings is 2. The number of alkyl halides is 3. The van der Waals surface area contributed by atoms with Crippen molar-refractivity contribution < 1.29 is 22.9 Å². The van der Waals surface area contributed by atoms with Crippen LogP contribution in [0.25, 0.3) is 0 Å². The van der Waals surface area contributed by atoms with Crippen LogP contribution < -0.4 is 10.2 Å². The van der Waals surface area contributed by atoms with Crippen molar-refractivity contribution in [2.24, 2.45) is 5.92 Å². The number of nitro benzene ring substituents is 1. The molecule has 1 amide bonds. The van der Waals surface area contributed by atoms with Gasteiger partial charge in [-0.05, 0) is 36.5 Å². The van der Waals surface area contributed by atoms with E-state index in [1.165, 1.54) is 0 Å². The molecule has 1 saturated heterocycles. The van der Waals surface area contributed by atoms with Crippen LogP contribution in [0.15, 0.2) is 48.5 Å². The van der Waals surface area contributed by atoms with Crippen LogP contribution >= 0.6 is 0 Å². The van der Waals surface area contributed by atoms with Crippen molar-refractivity contribution in [3.8, 4) is 0 Å². The van der Waals surface area contributed by atoms with Crippen molar-refractivity contribution in [3.63, 3.8) is 0 Å². The highest BCUT2D eigenvalue weighted by molar-refractivity contribution is 5.79. The van der Waals surface area contributed by atoms with E-state index in [2.05, 4.69) is 5.32 Å². The Morgan fingerprint density at radius 2 is 1.84 bits per heavy atom. The lowest BCUT2D eigenvalue weighted by Gasteiger charge is -2.33. The Balaban J connectivity index is 1.59. The molecule has 0 bridgehead atoms. The predicted molar refractivity (Wildman–Crippen MR) is 111 cm³/mol. The van der Waals surface area contributed by atoms with Gasteiger partial charge >= 0.3 is 6.18 Å². The first-order valence-corrected chi connectivity index (χ1v) is 10.1. The summed E-state index contributed by atoms with van der Waals surface area (Å²) in [6.45, 7) is 3.26. The highest BCUT2D eigenvalue weighted by Gasteiger charge is 2.35. The van der Waals surface area contributed by atoms with E-state index in [4.69, 9.17) is 0 Å². The molecule has 1 fully saturated rings. The second-order valence-corrected chi connectivity index (χ2v) is 7.78. The van der Waals surface area contributed by atoms with Crippen molar-refractivity contribution in [3.05, 3.63) is 69.8 Å². The number of carbonyl (C=O) groups excluding carboxylic acids is 1. The van der Waals surface area contributed by atoms with Crippen LogP contribution in [-0.4, -0.2) is 30.5 Å². The summed E-state index contributed by atoms with van der Waals surface area (Å²) in [5.74, 6) is -0.128. The van der Waals surface area contributed by atoms with Crippen molar-refractivity contribution in [2.75, 3.05) is 24.5 Å². The molecular formula is C22H24F3N3O3. The molecule has 1 N–H and O–H groups in total. The first-order valence-electron chi connectivity index (χ1n) is 10.1. The Bertz CT molecular complexity index is 927. The number of anilines is 1. The summed E-state index contributed by atoms with van der Waals surface area (Å²) in [6, 6.07) is 12.4. The van der Waals surface area contributed by atoms with Crippen molar-refractivity contribution in [2.45, 2.75) is 31.9 Å². The van der Waals surface area contributed by atoms with Gasteiger partial charge < -0.3 is 10.2 Å². The fourth-order valence-electron chi connectivity index (χ4n) is 3.79. The fourth-order valence-corrected chi connectivity index (χ4v) is 3.79. The van der Waals surface area contributed by atoms with Crippen LogP contribution in [0.3, 0.4) is 0 Å². The molecule has 1 atom stereocenters. The number of nitrogens with zero attached hydrogens (tertiary/aromatic N) is 2. The lowest BCUT2D eigenvalue weighted by Crippen LogP contribution is -2.41. The number of carbonyl (C=O) groups is 1. The van der Waals surface area contributed by atoms with Gasteiger partial charge in [-0.2, -0.15) is 13.2 Å². The highest BCUT2D eigenvalue weighted by atomic mass is 19.4. The number of nitrogens with one attached hydrogen (secondary N) is 1. The van der Waals surface area contributed by atoms with Gasteiger partial charge in [-0.15, -0.1) is 0 Å². The van der Waals surface area contributed by atoms with E-state index in [9.17, 15) is 28.1 Å². The molecule has 0 saturated carbocycles. The zero-order valence-corrected chi connectivity index (χ0v) is 17.1. The first kappa shape index (κ1) is 22.6. The zero-order valence-electron chi connectivity index (χ0n) is 17.1. The van der Waals surface area contributed by atoms with E-state index in [0.717, 1.165) is 17.7 Å². The number of amides is 1. The lowest BCUT2D eigenvalue weighted by molar-refractivity contribution is -0.384. The minimum atomic E-state index is -4.65. The molecule has 0 radical (unpaired) electrons. The van der Waals surface area contributed by atoms with Crippen LogP contribution in [0.1, 0.15) is 36.8 Å². The molecule has 1 heterocycles. The van der Waals surface area contributed by atoms with Gasteiger partial charge in [-0.3, -0.25) is 14.9 Å². The van der Waals surface area contributed by atoms with Gasteiger partial charge in [0.25, 0.3) is 5.69 Å². The summed E-state index contributed by atoms with van der Waals surface area (Å²) < 4.78 is 38.7. The molecule has 9 heteroatoms. The van der Waals surface area contributed by atoms with E-state index < -0.39 is 22.4 Å². The molecule has 166 valence electrons. The fraction of sp³-hybridized carbons (Fsp3) is 0.409. The predicted octanol–water partition coefficient (Wildman–Crippen LogP) is 4.75. The number of halogens is 3. The minimum Gasteiger partial charge on any atom is -0.366 e. The Morgan fingerprint density at radius 3 is 2.42 bits per heavy atom. The third-order valence-electron chi connectivity index (χ3n) is 5.66. The second-order valence-electron chi connectivity index (χ2n) is 7.78. The molecule has 31 heavy (non-hydrogen) atoms. The Kier molecular flexibility index (Phi) is 6.82. The van der Waals surface area contributed by atoms with Gasteiger partial charge in [-0.1, -0.05) is 37.3 Å². The van der Waals surface area contributed by atoms with E-state index in [0.29, 0.717) is 38.5 Å². The minimum absolute atomic E-state index is 0.0654. The number of rotatable bonds is 6. The molecule has 1 aliphatic rings. The molecule has 2 aromatic carbocycles. The maximum atomic E-state index is 12.9. The summed E-state index contributed by atoms with van der Waals surface area (Å²) in [6.07, 6.45) is -3.70. The van der Waals surface area contributed by atoms with Crippen LogP contribution in [0.5, 0.6) is 0 Å². The molecule has 6 nitrogen and oxygen atoms in total. The van der Waals surface area contributed by atoms with Crippen LogP contribution in [0, 0.1) is 16.0 Å². The smallest absolute Gasteiger partial charge is 0.366 e. The second kappa shape index (κ2) is 9.36. The van der Waals surface area contributed by atoms with Crippen molar-refractivity contribution in [1.82, 2.24) is 5.32 Å². The first-order chi connectivity index (χ1) is 14.7. The molecular weight excluding hydrogens is 411 g/mol. The van der Waals surface area contributed by atoms with Gasteiger partial charge in [0, 0.05) is 31.6 Å². The van der Waals surface area contributed by atoms with Crippen molar-refractivity contribution in [1.29, 1.82) is 0 Å². The number of hydrogen-bond donors (Lipinski definition) is 1. The summed E-state index contributed by atoms with van der Waals surface area (Å²) in [7, 11) is 0. The van der Waals surface area contributed by atoms with Gasteiger partial charge in [-0.25, -0.2) is 0 Å². The van der Waals surface area contributed by atoms with E-state index in [1.54, 1.807) is 4.90 Å². The molecule has 0 spiro atoms. The summed E-state index contributed by atoms with van der Waals surface area (Å²) in [5, 5.41) is 14.3. The molecule has 0 aromatic heterocycles.